The average molecular weight is 556 g/mol. The fourth-order valence-corrected chi connectivity index (χ4v) is 5.87. The van der Waals surface area contributed by atoms with E-state index in [0.717, 1.165) is 0 Å². The Morgan fingerprint density at radius 2 is 1.76 bits per heavy atom. The van der Waals surface area contributed by atoms with Crippen LogP contribution < -0.4 is 5.32 Å². The number of sulfone groups is 1. The van der Waals surface area contributed by atoms with Crippen molar-refractivity contribution in [1.29, 1.82) is 0 Å². The highest BCUT2D eigenvalue weighted by molar-refractivity contribution is 8.03. The van der Waals surface area contributed by atoms with E-state index in [1.807, 2.05) is 0 Å². The number of thioether (sulfide) groups is 1. The lowest BCUT2D eigenvalue weighted by Gasteiger charge is -2.20. The Hall–Kier alpha value is -3.20. The number of carbonyl (C=O) groups excluding carboxylic acids is 2. The van der Waals surface area contributed by atoms with Crippen LogP contribution in [0.4, 0.5) is 4.39 Å². The molecule has 0 bridgehead atoms. The maximum atomic E-state index is 14.4. The number of Topliss-reactive ketones (excluding diaryl/α,β-unsaturated/α-hetero) is 1. The summed E-state index contributed by atoms with van der Waals surface area (Å²) < 4.78 is 38.4. The number of carbonyl (C=O) groups is 2. The Balaban J connectivity index is 1.60. The number of hydrogen-bond acceptors (Lipinski definition) is 5. The molecule has 0 spiro atoms. The van der Waals surface area contributed by atoms with Crippen molar-refractivity contribution in [1.82, 2.24) is 5.32 Å². The first-order valence-corrected chi connectivity index (χ1v) is 14.4. The fourth-order valence-electron chi connectivity index (χ4n) is 3.82. The molecule has 0 unspecified atom stereocenters. The van der Waals surface area contributed by atoms with Gasteiger partial charge in [-0.05, 0) is 59.2 Å². The summed E-state index contributed by atoms with van der Waals surface area (Å²) in [6.45, 7) is 1.58. The van der Waals surface area contributed by atoms with Crippen molar-refractivity contribution in [3.8, 4) is 0 Å². The highest BCUT2D eigenvalue weighted by Gasteiger charge is 2.25. The van der Waals surface area contributed by atoms with Gasteiger partial charge in [-0.1, -0.05) is 54.9 Å². The molecule has 1 N–H and O–H groups in total. The number of hydrogen-bond donors (Lipinski definition) is 1. The first-order chi connectivity index (χ1) is 17.7. The van der Waals surface area contributed by atoms with Crippen LogP contribution in [0, 0.1) is 5.82 Å². The molecule has 0 atom stereocenters. The molecule has 3 aromatic rings. The van der Waals surface area contributed by atoms with Gasteiger partial charge in [0, 0.05) is 16.3 Å². The molecule has 0 radical (unpaired) electrons. The summed E-state index contributed by atoms with van der Waals surface area (Å²) in [5.41, 5.74) is 2.27. The van der Waals surface area contributed by atoms with E-state index in [9.17, 15) is 22.4 Å². The Bertz CT molecular complexity index is 1530. The van der Waals surface area contributed by atoms with Crippen molar-refractivity contribution in [3.63, 3.8) is 0 Å². The minimum absolute atomic E-state index is 0.00208. The number of allylic oxidation sites excluding steroid dienone is 2. The molecule has 0 aliphatic carbocycles. The maximum absolute atomic E-state index is 14.4. The molecule has 3 aromatic carbocycles. The van der Waals surface area contributed by atoms with Crippen molar-refractivity contribution < 1.29 is 22.4 Å². The van der Waals surface area contributed by atoms with Gasteiger partial charge in [-0.25, -0.2) is 12.8 Å². The van der Waals surface area contributed by atoms with Crippen LogP contribution in [0.15, 0.2) is 94.4 Å². The van der Waals surface area contributed by atoms with Gasteiger partial charge >= 0.3 is 0 Å². The predicted molar refractivity (Wildman–Crippen MR) is 146 cm³/mol. The number of amides is 1. The lowest BCUT2D eigenvalue weighted by atomic mass is 9.94. The first-order valence-electron chi connectivity index (χ1n) is 11.4. The Labute approximate surface area is 224 Å². The van der Waals surface area contributed by atoms with E-state index in [1.54, 1.807) is 55.5 Å². The van der Waals surface area contributed by atoms with Gasteiger partial charge in [-0.2, -0.15) is 0 Å². The molecule has 0 aromatic heterocycles. The highest BCUT2D eigenvalue weighted by atomic mass is 35.5. The third-order valence-electron chi connectivity index (χ3n) is 5.79. The van der Waals surface area contributed by atoms with Gasteiger partial charge in [-0.15, -0.1) is 11.8 Å². The van der Waals surface area contributed by atoms with Crippen LogP contribution in [0.25, 0.3) is 5.57 Å². The van der Waals surface area contributed by atoms with E-state index in [0.29, 0.717) is 32.3 Å². The second-order valence-electron chi connectivity index (χ2n) is 8.28. The summed E-state index contributed by atoms with van der Waals surface area (Å²) >= 11 is 7.46. The van der Waals surface area contributed by atoms with Crippen molar-refractivity contribution in [2.75, 3.05) is 11.5 Å². The van der Waals surface area contributed by atoms with Crippen LogP contribution in [0.3, 0.4) is 0 Å². The predicted octanol–water partition coefficient (Wildman–Crippen LogP) is 5.86. The Kier molecular flexibility index (Phi) is 8.32. The van der Waals surface area contributed by atoms with Gasteiger partial charge in [0.2, 0.25) is 5.91 Å². The molecule has 1 aliphatic rings. The number of halogens is 2. The summed E-state index contributed by atoms with van der Waals surface area (Å²) in [7, 11) is -3.32. The third-order valence-corrected chi connectivity index (χ3v) is 8.74. The molecule has 0 saturated heterocycles. The monoisotopic (exact) mass is 555 g/mol. The molecule has 0 fully saturated rings. The van der Waals surface area contributed by atoms with Gasteiger partial charge in [0.15, 0.2) is 15.6 Å². The molecule has 190 valence electrons. The molecule has 1 aliphatic heterocycles. The van der Waals surface area contributed by atoms with Crippen molar-refractivity contribution >= 4 is 50.5 Å². The molecular weight excluding hydrogens is 533 g/mol. The van der Waals surface area contributed by atoms with Crippen LogP contribution in [-0.4, -0.2) is 31.6 Å². The number of nitrogens with one attached hydrogen (secondary N) is 1. The summed E-state index contributed by atoms with van der Waals surface area (Å²) in [5.74, 6) is -1.09. The summed E-state index contributed by atoms with van der Waals surface area (Å²) in [6.07, 6.45) is 1.74. The normalized spacial score (nSPS) is 13.8. The topological polar surface area (TPSA) is 80.3 Å². The molecule has 5 nitrogen and oxygen atoms in total. The highest BCUT2D eigenvalue weighted by Crippen LogP contribution is 2.35. The zero-order valence-electron chi connectivity index (χ0n) is 19.8. The number of benzene rings is 3. The molecule has 0 saturated carbocycles. The summed E-state index contributed by atoms with van der Waals surface area (Å²) in [5, 5.41) is 3.88. The largest absolute Gasteiger partial charge is 0.320 e. The van der Waals surface area contributed by atoms with Crippen LogP contribution >= 0.6 is 23.4 Å². The first kappa shape index (κ1) is 26.9. The van der Waals surface area contributed by atoms with E-state index in [-0.39, 0.29) is 34.3 Å². The second kappa shape index (κ2) is 11.5. The fraction of sp³-hybridized carbons (Fsp3) is 0.143. The average Bonchev–Trinajstić information content (AvgIpc) is 2.89. The van der Waals surface area contributed by atoms with Crippen LogP contribution in [0.5, 0.6) is 0 Å². The van der Waals surface area contributed by atoms with Crippen LogP contribution in [0.1, 0.15) is 28.4 Å². The van der Waals surface area contributed by atoms with Crippen LogP contribution in [0.2, 0.25) is 5.02 Å². The van der Waals surface area contributed by atoms with E-state index in [1.165, 1.54) is 42.1 Å². The van der Waals surface area contributed by atoms with Crippen molar-refractivity contribution in [2.24, 2.45) is 0 Å². The van der Waals surface area contributed by atoms with Crippen LogP contribution in [-0.2, 0) is 21.1 Å². The van der Waals surface area contributed by atoms with Gasteiger partial charge in [0.25, 0.3) is 0 Å². The SMILES string of the molecule is CCS(=O)(=O)c1ccc(CC(=O)NC2=CC(c3cccc(Cl)c3)=C(C(=O)c3ccccc3F)CS2)cc1. The quantitative estimate of drug-likeness (QED) is 0.352. The third kappa shape index (κ3) is 6.39. The molecule has 37 heavy (non-hydrogen) atoms. The lowest BCUT2D eigenvalue weighted by molar-refractivity contribution is -0.119. The van der Waals surface area contributed by atoms with E-state index in [4.69, 9.17) is 11.6 Å². The standard InChI is InChI=1S/C28H23ClFNO4S2/c1-2-37(34,35)21-12-10-18(11-13-21)14-26(32)31-27-16-23(19-6-5-7-20(29)15-19)24(17-36-27)28(33)22-8-3-4-9-25(22)30/h3-13,15-16H,2,14,17H2,1H3,(H,31,32). The van der Waals surface area contributed by atoms with Gasteiger partial charge < -0.3 is 5.32 Å². The smallest absolute Gasteiger partial charge is 0.229 e. The van der Waals surface area contributed by atoms with E-state index >= 15 is 0 Å². The lowest BCUT2D eigenvalue weighted by Crippen LogP contribution is -2.25. The summed E-state index contributed by atoms with van der Waals surface area (Å²) in [6, 6.07) is 19.0. The van der Waals surface area contributed by atoms with E-state index in [2.05, 4.69) is 5.32 Å². The van der Waals surface area contributed by atoms with Crippen molar-refractivity contribution in [3.05, 3.63) is 117 Å². The molecular formula is C28H23ClFNO4S2. The molecule has 1 amide bonds. The summed E-state index contributed by atoms with van der Waals surface area (Å²) in [4.78, 5) is 26.3. The van der Waals surface area contributed by atoms with Gasteiger partial charge in [0.05, 0.1) is 27.7 Å². The Morgan fingerprint density at radius 3 is 2.43 bits per heavy atom. The molecule has 1 heterocycles. The number of ketones is 1. The maximum Gasteiger partial charge on any atom is 0.229 e. The zero-order chi connectivity index (χ0) is 26.6. The van der Waals surface area contributed by atoms with Gasteiger partial charge in [0.1, 0.15) is 5.82 Å². The van der Waals surface area contributed by atoms with Crippen molar-refractivity contribution in [2.45, 2.75) is 18.2 Å². The Morgan fingerprint density at radius 1 is 1.03 bits per heavy atom. The minimum atomic E-state index is -3.32. The second-order valence-corrected chi connectivity index (χ2v) is 12.0. The molecule has 9 heteroatoms. The minimum Gasteiger partial charge on any atom is -0.320 e. The molecule has 4 rings (SSSR count). The van der Waals surface area contributed by atoms with Gasteiger partial charge in [-0.3, -0.25) is 9.59 Å². The number of rotatable bonds is 8. The zero-order valence-corrected chi connectivity index (χ0v) is 22.2. The van der Waals surface area contributed by atoms with E-state index < -0.39 is 21.4 Å².